The number of aliphatic carboxylic acids is 1. The molecule has 0 aromatic carbocycles. The molecule has 0 unspecified atom stereocenters. The normalized spacial score (nSPS) is 53.9. The van der Waals surface area contributed by atoms with Crippen LogP contribution in [0, 0.1) is 17.8 Å². The molecule has 21 heavy (non-hydrogen) atoms. The molecule has 6 atom stereocenters. The maximum absolute atomic E-state index is 12.7. The summed E-state index contributed by atoms with van der Waals surface area (Å²) in [5.74, 6) is -4.20. The van der Waals surface area contributed by atoms with Gasteiger partial charge in [-0.3, -0.25) is 14.4 Å². The molecule has 1 amide bonds. The minimum absolute atomic E-state index is 0.164. The van der Waals surface area contributed by atoms with E-state index in [1.165, 1.54) is 0 Å². The second-order valence-corrected chi connectivity index (χ2v) is 8.18. The van der Waals surface area contributed by atoms with E-state index < -0.39 is 45.2 Å². The predicted octanol–water partition coefficient (Wildman–Crippen LogP) is 0.777. The SMILES string of the molecule is CN1C(=O)[C@H]2[C@H]3C(=O)O[C@@]2(C)[C@]2(Br)CCC[C@@]12[C@H]3C(=O)O. The molecule has 3 aliphatic heterocycles. The number of hydrogen-bond acceptors (Lipinski definition) is 4. The molecule has 7 heteroatoms. The van der Waals surface area contributed by atoms with Crippen molar-refractivity contribution in [2.45, 2.75) is 41.7 Å². The van der Waals surface area contributed by atoms with Crippen molar-refractivity contribution in [2.75, 3.05) is 7.05 Å². The number of alkyl halides is 1. The monoisotopic (exact) mass is 357 g/mol. The molecular formula is C14H16BrNO5. The minimum atomic E-state index is -1.02. The standard InChI is InChI=1S/C14H16BrNO5/c1-12-7-6(11(20)21-12)8(10(18)19)13(16(2)9(7)17)4-3-5-14(12,13)15/h6-8H,3-5H2,1-2H3,(H,18,19)/t6-,7-,8-,12-,13+,14-/m1/s1. The number of hydrogen-bond donors (Lipinski definition) is 1. The van der Waals surface area contributed by atoms with Crippen molar-refractivity contribution in [1.29, 1.82) is 0 Å². The zero-order chi connectivity index (χ0) is 15.4. The van der Waals surface area contributed by atoms with Crippen LogP contribution >= 0.6 is 15.9 Å². The third kappa shape index (κ3) is 1.04. The van der Waals surface area contributed by atoms with Crippen LogP contribution < -0.4 is 0 Å². The number of carboxylic acid groups (broad SMARTS) is 1. The van der Waals surface area contributed by atoms with Gasteiger partial charge in [0.1, 0.15) is 5.60 Å². The number of esters is 1. The number of carbonyl (C=O) groups excluding carboxylic acids is 2. The molecule has 2 saturated carbocycles. The third-order valence-electron chi connectivity index (χ3n) is 6.42. The zero-order valence-electron chi connectivity index (χ0n) is 11.8. The Bertz CT molecular complexity index is 608. The molecule has 0 aromatic heterocycles. The van der Waals surface area contributed by atoms with Crippen molar-refractivity contribution < 1.29 is 24.2 Å². The Balaban J connectivity index is 2.07. The lowest BCUT2D eigenvalue weighted by Gasteiger charge is -2.65. The smallest absolute Gasteiger partial charge is 0.311 e. The van der Waals surface area contributed by atoms with Gasteiger partial charge in [0.15, 0.2) is 0 Å². The summed E-state index contributed by atoms with van der Waals surface area (Å²) in [6.45, 7) is 1.79. The van der Waals surface area contributed by atoms with Gasteiger partial charge in [-0.2, -0.15) is 0 Å². The average molecular weight is 358 g/mol. The van der Waals surface area contributed by atoms with Crippen molar-refractivity contribution in [1.82, 2.24) is 4.90 Å². The molecule has 5 fully saturated rings. The van der Waals surface area contributed by atoms with E-state index in [1.54, 1.807) is 18.9 Å². The van der Waals surface area contributed by atoms with Gasteiger partial charge in [-0.15, -0.1) is 0 Å². The Morgan fingerprint density at radius 3 is 2.71 bits per heavy atom. The fourth-order valence-corrected chi connectivity index (χ4v) is 6.98. The largest absolute Gasteiger partial charge is 0.481 e. The lowest BCUT2D eigenvalue weighted by atomic mass is 9.50. The molecule has 3 heterocycles. The second kappa shape index (κ2) is 3.45. The van der Waals surface area contributed by atoms with Crippen LogP contribution in [0.25, 0.3) is 0 Å². The summed E-state index contributed by atoms with van der Waals surface area (Å²) >= 11 is 3.75. The lowest BCUT2D eigenvalue weighted by Crippen LogP contribution is -2.83. The minimum Gasteiger partial charge on any atom is -0.481 e. The van der Waals surface area contributed by atoms with E-state index in [9.17, 15) is 19.5 Å². The van der Waals surface area contributed by atoms with Crippen LogP contribution in [0.1, 0.15) is 26.2 Å². The molecule has 0 radical (unpaired) electrons. The van der Waals surface area contributed by atoms with Gasteiger partial charge in [-0.1, -0.05) is 15.9 Å². The molecule has 1 spiro atoms. The molecule has 5 aliphatic rings. The van der Waals surface area contributed by atoms with Crippen LogP contribution in [-0.2, 0) is 19.1 Å². The summed E-state index contributed by atoms with van der Waals surface area (Å²) in [7, 11) is 1.66. The Labute approximate surface area is 129 Å². The van der Waals surface area contributed by atoms with E-state index in [1.807, 2.05) is 0 Å². The van der Waals surface area contributed by atoms with Gasteiger partial charge in [0.25, 0.3) is 0 Å². The summed E-state index contributed by atoms with van der Waals surface area (Å²) in [4.78, 5) is 38.6. The maximum Gasteiger partial charge on any atom is 0.311 e. The summed E-state index contributed by atoms with van der Waals surface area (Å²) in [5.41, 5.74) is -1.85. The van der Waals surface area contributed by atoms with Crippen molar-refractivity contribution in [3.63, 3.8) is 0 Å². The fraction of sp³-hybridized carbons (Fsp3) is 0.786. The van der Waals surface area contributed by atoms with Crippen LogP contribution in [0.3, 0.4) is 0 Å². The lowest BCUT2D eigenvalue weighted by molar-refractivity contribution is -0.197. The van der Waals surface area contributed by atoms with Crippen LogP contribution in [0.2, 0.25) is 0 Å². The van der Waals surface area contributed by atoms with E-state index in [-0.39, 0.29) is 5.91 Å². The summed E-state index contributed by atoms with van der Waals surface area (Å²) in [6.07, 6.45) is 2.08. The number of piperidine rings is 2. The van der Waals surface area contributed by atoms with Crippen LogP contribution in [0.4, 0.5) is 0 Å². The first-order valence-electron chi connectivity index (χ1n) is 7.14. The Hall–Kier alpha value is -1.11. The molecule has 0 aromatic rings. The van der Waals surface area contributed by atoms with Crippen LogP contribution in [0.15, 0.2) is 0 Å². The third-order valence-corrected chi connectivity index (χ3v) is 8.29. The molecule has 4 bridgehead atoms. The molecule has 114 valence electrons. The van der Waals surface area contributed by atoms with Gasteiger partial charge in [0.2, 0.25) is 5.91 Å². The fourth-order valence-electron chi connectivity index (χ4n) is 5.66. The number of halogens is 1. The Kier molecular flexibility index (Phi) is 2.22. The number of fused-ring (bicyclic) bond motifs is 1. The number of carboxylic acids is 1. The van der Waals surface area contributed by atoms with Gasteiger partial charge in [0.05, 0.1) is 27.6 Å². The van der Waals surface area contributed by atoms with Gasteiger partial charge in [-0.05, 0) is 26.2 Å². The van der Waals surface area contributed by atoms with Crippen LogP contribution in [-0.4, -0.2) is 50.4 Å². The van der Waals surface area contributed by atoms with Crippen molar-refractivity contribution in [3.05, 3.63) is 0 Å². The Morgan fingerprint density at radius 1 is 1.43 bits per heavy atom. The average Bonchev–Trinajstić information content (AvgIpc) is 2.86. The second-order valence-electron chi connectivity index (χ2n) is 6.82. The van der Waals surface area contributed by atoms with Crippen LogP contribution in [0.5, 0.6) is 0 Å². The van der Waals surface area contributed by atoms with E-state index >= 15 is 0 Å². The highest BCUT2D eigenvalue weighted by Gasteiger charge is 2.86. The maximum atomic E-state index is 12.7. The first kappa shape index (κ1) is 13.5. The molecule has 6 nitrogen and oxygen atoms in total. The molecule has 3 saturated heterocycles. The van der Waals surface area contributed by atoms with E-state index in [2.05, 4.69) is 15.9 Å². The van der Waals surface area contributed by atoms with Gasteiger partial charge < -0.3 is 14.7 Å². The number of amides is 1. The van der Waals surface area contributed by atoms with Crippen molar-refractivity contribution >= 4 is 33.8 Å². The zero-order valence-corrected chi connectivity index (χ0v) is 13.3. The quantitative estimate of drug-likeness (QED) is 0.553. The number of ether oxygens (including phenoxy) is 1. The highest BCUT2D eigenvalue weighted by Crippen LogP contribution is 2.72. The predicted molar refractivity (Wildman–Crippen MR) is 73.6 cm³/mol. The number of carbonyl (C=O) groups is 3. The van der Waals surface area contributed by atoms with Crippen molar-refractivity contribution in [2.24, 2.45) is 17.8 Å². The molecular weight excluding hydrogens is 342 g/mol. The first-order valence-corrected chi connectivity index (χ1v) is 7.94. The topological polar surface area (TPSA) is 83.9 Å². The molecule has 2 aliphatic carbocycles. The summed E-state index contributed by atoms with van der Waals surface area (Å²) in [6, 6.07) is 0. The van der Waals surface area contributed by atoms with E-state index in [0.717, 1.165) is 6.42 Å². The van der Waals surface area contributed by atoms with E-state index in [4.69, 9.17) is 4.74 Å². The highest BCUT2D eigenvalue weighted by molar-refractivity contribution is 9.10. The Morgan fingerprint density at radius 2 is 2.10 bits per heavy atom. The first-order chi connectivity index (χ1) is 9.72. The summed E-state index contributed by atoms with van der Waals surface area (Å²) in [5, 5.41) is 9.78. The van der Waals surface area contributed by atoms with Gasteiger partial charge >= 0.3 is 11.9 Å². The van der Waals surface area contributed by atoms with Gasteiger partial charge in [0, 0.05) is 7.05 Å². The number of rotatable bonds is 1. The summed E-state index contributed by atoms with van der Waals surface area (Å²) < 4.78 is 4.93. The number of nitrogens with zero attached hydrogens (tertiary/aromatic N) is 1. The molecule has 1 N–H and O–H groups in total. The van der Waals surface area contributed by atoms with Crippen molar-refractivity contribution in [3.8, 4) is 0 Å². The van der Waals surface area contributed by atoms with Gasteiger partial charge in [-0.25, -0.2) is 0 Å². The highest BCUT2D eigenvalue weighted by atomic mass is 79.9. The molecule has 5 rings (SSSR count). The van der Waals surface area contributed by atoms with E-state index in [0.29, 0.717) is 12.8 Å².